The van der Waals surface area contributed by atoms with Crippen LogP contribution in [0.5, 0.6) is 5.75 Å². The molecule has 0 amide bonds. The molecule has 1 atom stereocenters. The molecule has 2 aromatic rings. The number of phenols is 1. The van der Waals surface area contributed by atoms with E-state index >= 15 is 0 Å². The number of phenolic OH excluding ortho intramolecular Hbond substituents is 1. The van der Waals surface area contributed by atoms with Crippen LogP contribution in [-0.4, -0.2) is 27.7 Å². The number of aromatic hydroxyl groups is 1. The van der Waals surface area contributed by atoms with Crippen molar-refractivity contribution in [3.63, 3.8) is 0 Å². The van der Waals surface area contributed by atoms with Gasteiger partial charge >= 0.3 is 0 Å². The molecule has 1 fully saturated rings. The van der Waals surface area contributed by atoms with Crippen LogP contribution in [0, 0.1) is 0 Å². The highest BCUT2D eigenvalue weighted by molar-refractivity contribution is 5.27. The molecule has 2 heterocycles. The fourth-order valence-corrected chi connectivity index (χ4v) is 2.78. The van der Waals surface area contributed by atoms with Gasteiger partial charge in [-0.3, -0.25) is 0 Å². The highest BCUT2D eigenvalue weighted by Gasteiger charge is 2.33. The quantitative estimate of drug-likeness (QED) is 0.883. The van der Waals surface area contributed by atoms with Gasteiger partial charge in [-0.1, -0.05) is 19.1 Å². The lowest BCUT2D eigenvalue weighted by Crippen LogP contribution is -2.28. The first-order valence-corrected chi connectivity index (χ1v) is 6.67. The summed E-state index contributed by atoms with van der Waals surface area (Å²) >= 11 is 0. The van der Waals surface area contributed by atoms with E-state index in [1.165, 1.54) is 11.3 Å². The molecule has 1 aliphatic rings. The van der Waals surface area contributed by atoms with Gasteiger partial charge in [0, 0.05) is 30.4 Å². The molecule has 0 bridgehead atoms. The lowest BCUT2D eigenvalue weighted by molar-refractivity contribution is 0.473. The predicted octanol–water partition coefficient (Wildman–Crippen LogP) is 1.89. The van der Waals surface area contributed by atoms with Crippen LogP contribution in [0.4, 0.5) is 0 Å². The predicted molar refractivity (Wildman–Crippen MR) is 74.3 cm³/mol. The van der Waals surface area contributed by atoms with Crippen molar-refractivity contribution >= 4 is 0 Å². The molecular formula is C15H19N3O. The zero-order valence-corrected chi connectivity index (χ0v) is 11.1. The Labute approximate surface area is 113 Å². The van der Waals surface area contributed by atoms with Gasteiger partial charge in [0.15, 0.2) is 0 Å². The monoisotopic (exact) mass is 257 g/mol. The molecule has 1 aromatic heterocycles. The van der Waals surface area contributed by atoms with Crippen molar-refractivity contribution in [2.75, 3.05) is 13.1 Å². The van der Waals surface area contributed by atoms with Crippen molar-refractivity contribution < 1.29 is 5.11 Å². The van der Waals surface area contributed by atoms with Crippen LogP contribution in [0.25, 0.3) is 0 Å². The lowest BCUT2D eigenvalue weighted by atomic mass is 9.86. The van der Waals surface area contributed by atoms with Gasteiger partial charge in [-0.05, 0) is 30.7 Å². The summed E-state index contributed by atoms with van der Waals surface area (Å²) in [6, 6.07) is 7.36. The zero-order chi connectivity index (χ0) is 13.3. The van der Waals surface area contributed by atoms with Gasteiger partial charge in [0.05, 0.1) is 6.33 Å². The van der Waals surface area contributed by atoms with E-state index in [9.17, 15) is 5.11 Å². The van der Waals surface area contributed by atoms with Crippen LogP contribution in [0.1, 0.15) is 24.6 Å². The van der Waals surface area contributed by atoms with Gasteiger partial charge in [0.25, 0.3) is 0 Å². The molecule has 3 rings (SSSR count). The highest BCUT2D eigenvalue weighted by atomic mass is 16.3. The van der Waals surface area contributed by atoms with Crippen molar-refractivity contribution in [1.82, 2.24) is 14.9 Å². The molecule has 1 aliphatic heterocycles. The van der Waals surface area contributed by atoms with Crippen molar-refractivity contribution in [2.24, 2.45) is 0 Å². The van der Waals surface area contributed by atoms with E-state index in [-0.39, 0.29) is 5.41 Å². The summed E-state index contributed by atoms with van der Waals surface area (Å²) in [6.07, 6.45) is 5.02. The second-order valence-corrected chi connectivity index (χ2v) is 5.56. The van der Waals surface area contributed by atoms with Crippen LogP contribution in [0.15, 0.2) is 36.8 Å². The number of imidazole rings is 1. The van der Waals surface area contributed by atoms with Crippen molar-refractivity contribution in [3.8, 4) is 5.75 Å². The SMILES string of the molecule is CC1(c2cncn2Cc2ccc(O)cc2)CCNC1. The van der Waals surface area contributed by atoms with E-state index in [1.54, 1.807) is 12.1 Å². The van der Waals surface area contributed by atoms with E-state index in [0.29, 0.717) is 5.75 Å². The van der Waals surface area contributed by atoms with Crippen LogP contribution in [-0.2, 0) is 12.0 Å². The van der Waals surface area contributed by atoms with Gasteiger partial charge in [-0.15, -0.1) is 0 Å². The summed E-state index contributed by atoms with van der Waals surface area (Å²) < 4.78 is 2.21. The van der Waals surface area contributed by atoms with E-state index < -0.39 is 0 Å². The van der Waals surface area contributed by atoms with E-state index in [0.717, 1.165) is 26.1 Å². The number of nitrogens with zero attached hydrogens (tertiary/aromatic N) is 2. The molecule has 0 radical (unpaired) electrons. The maximum atomic E-state index is 9.32. The average Bonchev–Trinajstić information content (AvgIpc) is 3.02. The zero-order valence-electron chi connectivity index (χ0n) is 11.1. The lowest BCUT2D eigenvalue weighted by Gasteiger charge is -2.24. The van der Waals surface area contributed by atoms with Crippen molar-refractivity contribution in [2.45, 2.75) is 25.3 Å². The number of rotatable bonds is 3. The third-order valence-electron chi connectivity index (χ3n) is 3.99. The van der Waals surface area contributed by atoms with Gasteiger partial charge < -0.3 is 15.0 Å². The molecular weight excluding hydrogens is 238 g/mol. The Morgan fingerprint density at radius 3 is 2.84 bits per heavy atom. The minimum absolute atomic E-state index is 0.174. The third-order valence-corrected chi connectivity index (χ3v) is 3.99. The molecule has 4 nitrogen and oxygen atoms in total. The molecule has 0 aliphatic carbocycles. The average molecular weight is 257 g/mol. The Morgan fingerprint density at radius 1 is 1.37 bits per heavy atom. The maximum Gasteiger partial charge on any atom is 0.115 e. The first-order valence-electron chi connectivity index (χ1n) is 6.67. The van der Waals surface area contributed by atoms with Crippen molar-refractivity contribution in [3.05, 3.63) is 48.0 Å². The summed E-state index contributed by atoms with van der Waals surface area (Å²) in [5.41, 5.74) is 2.63. The number of hydrogen-bond donors (Lipinski definition) is 2. The first-order chi connectivity index (χ1) is 9.17. The number of benzene rings is 1. The van der Waals surface area contributed by atoms with E-state index in [4.69, 9.17) is 0 Å². The van der Waals surface area contributed by atoms with E-state index in [1.807, 2.05) is 24.7 Å². The summed E-state index contributed by atoms with van der Waals surface area (Å²) in [5, 5.41) is 12.7. The molecule has 4 heteroatoms. The van der Waals surface area contributed by atoms with Crippen LogP contribution in [0.3, 0.4) is 0 Å². The minimum Gasteiger partial charge on any atom is -0.508 e. The summed E-state index contributed by atoms with van der Waals surface area (Å²) in [5.74, 6) is 0.307. The highest BCUT2D eigenvalue weighted by Crippen LogP contribution is 2.30. The molecule has 100 valence electrons. The standard InChI is InChI=1S/C15H19N3O/c1-15(6-7-16-10-15)14-8-17-11-18(14)9-12-2-4-13(19)5-3-12/h2-5,8,11,16,19H,6-7,9-10H2,1H3. The van der Waals surface area contributed by atoms with Crippen LogP contribution in [0.2, 0.25) is 0 Å². The number of aromatic nitrogens is 2. The topological polar surface area (TPSA) is 50.1 Å². The number of hydrogen-bond acceptors (Lipinski definition) is 3. The Bertz CT molecular complexity index is 553. The summed E-state index contributed by atoms with van der Waals surface area (Å²) in [4.78, 5) is 4.31. The Balaban J connectivity index is 1.86. The van der Waals surface area contributed by atoms with Gasteiger partial charge in [-0.2, -0.15) is 0 Å². The largest absolute Gasteiger partial charge is 0.508 e. The van der Waals surface area contributed by atoms with Crippen LogP contribution >= 0.6 is 0 Å². The first kappa shape index (κ1) is 12.2. The Hall–Kier alpha value is -1.81. The van der Waals surface area contributed by atoms with E-state index in [2.05, 4.69) is 21.8 Å². The number of nitrogens with one attached hydrogen (secondary N) is 1. The summed E-state index contributed by atoms with van der Waals surface area (Å²) in [6.45, 7) is 5.16. The Morgan fingerprint density at radius 2 is 2.16 bits per heavy atom. The smallest absolute Gasteiger partial charge is 0.115 e. The van der Waals surface area contributed by atoms with Gasteiger partial charge in [-0.25, -0.2) is 4.98 Å². The molecule has 0 spiro atoms. The molecule has 0 saturated carbocycles. The minimum atomic E-state index is 0.174. The van der Waals surface area contributed by atoms with Gasteiger partial charge in [0.2, 0.25) is 0 Å². The molecule has 1 saturated heterocycles. The maximum absolute atomic E-state index is 9.32. The molecule has 1 aromatic carbocycles. The second-order valence-electron chi connectivity index (χ2n) is 5.56. The molecule has 2 N–H and O–H groups in total. The molecule has 19 heavy (non-hydrogen) atoms. The van der Waals surface area contributed by atoms with Gasteiger partial charge in [0.1, 0.15) is 5.75 Å². The third kappa shape index (κ3) is 2.36. The van der Waals surface area contributed by atoms with Crippen LogP contribution < -0.4 is 5.32 Å². The summed E-state index contributed by atoms with van der Waals surface area (Å²) in [7, 11) is 0. The van der Waals surface area contributed by atoms with Crippen molar-refractivity contribution in [1.29, 1.82) is 0 Å². The molecule has 1 unspecified atom stereocenters. The fourth-order valence-electron chi connectivity index (χ4n) is 2.78. The second kappa shape index (κ2) is 4.70. The Kier molecular flexibility index (Phi) is 3.03. The normalized spacial score (nSPS) is 22.8. The fraction of sp³-hybridized carbons (Fsp3) is 0.400.